The summed E-state index contributed by atoms with van der Waals surface area (Å²) in [4.78, 5) is 22.9. The molecule has 0 aromatic heterocycles. The third-order valence-electron chi connectivity index (χ3n) is 4.20. The molecule has 0 atom stereocenters. The van der Waals surface area contributed by atoms with Gasteiger partial charge < -0.3 is 14.8 Å². The van der Waals surface area contributed by atoms with Crippen molar-refractivity contribution in [3.63, 3.8) is 0 Å². The molecule has 0 saturated heterocycles. The van der Waals surface area contributed by atoms with Gasteiger partial charge in [-0.05, 0) is 46.7 Å². The number of amides is 1. The van der Waals surface area contributed by atoms with Gasteiger partial charge in [0.15, 0.2) is 5.75 Å². The van der Waals surface area contributed by atoms with Crippen molar-refractivity contribution < 1.29 is 19.2 Å². The number of hydrogen-bond donors (Lipinski definition) is 1. The Labute approximate surface area is 155 Å². The van der Waals surface area contributed by atoms with E-state index in [1.54, 1.807) is 7.11 Å². The van der Waals surface area contributed by atoms with E-state index in [-0.39, 0.29) is 17.0 Å². The summed E-state index contributed by atoms with van der Waals surface area (Å²) in [5, 5.41) is 15.9. The molecule has 0 heterocycles. The van der Waals surface area contributed by atoms with E-state index in [1.165, 1.54) is 25.3 Å². The zero-order valence-electron chi connectivity index (χ0n) is 14.9. The zero-order valence-corrected chi connectivity index (χ0v) is 14.9. The highest BCUT2D eigenvalue weighted by Gasteiger charge is 2.18. The zero-order chi connectivity index (χ0) is 19.4. The minimum Gasteiger partial charge on any atom is -0.497 e. The van der Waals surface area contributed by atoms with Gasteiger partial charge in [0.25, 0.3) is 5.91 Å². The van der Waals surface area contributed by atoms with Gasteiger partial charge in [-0.1, -0.05) is 18.2 Å². The van der Waals surface area contributed by atoms with Gasteiger partial charge in [-0.25, -0.2) is 0 Å². The van der Waals surface area contributed by atoms with Gasteiger partial charge in [-0.2, -0.15) is 0 Å². The maximum atomic E-state index is 12.3. The summed E-state index contributed by atoms with van der Waals surface area (Å²) in [5.74, 6) is 0.502. The fourth-order valence-corrected chi connectivity index (χ4v) is 2.77. The van der Waals surface area contributed by atoms with Gasteiger partial charge in [-0.3, -0.25) is 14.9 Å². The van der Waals surface area contributed by atoms with Gasteiger partial charge in [-0.15, -0.1) is 0 Å². The van der Waals surface area contributed by atoms with Crippen LogP contribution in [0, 0.1) is 10.1 Å². The predicted molar refractivity (Wildman–Crippen MR) is 101 cm³/mol. The molecular formula is C20H18N2O5. The Morgan fingerprint density at radius 1 is 1.00 bits per heavy atom. The normalized spacial score (nSPS) is 10.4. The van der Waals surface area contributed by atoms with Gasteiger partial charge in [0.05, 0.1) is 19.1 Å². The lowest BCUT2D eigenvalue weighted by molar-refractivity contribution is -0.385. The van der Waals surface area contributed by atoms with Gasteiger partial charge in [0.1, 0.15) is 5.75 Å². The van der Waals surface area contributed by atoms with Crippen LogP contribution in [0.4, 0.5) is 5.69 Å². The van der Waals surface area contributed by atoms with Crippen molar-refractivity contribution in [1.29, 1.82) is 0 Å². The lowest BCUT2D eigenvalue weighted by atomic mass is 10.1. The minimum absolute atomic E-state index is 0.113. The number of rotatable bonds is 6. The fourth-order valence-electron chi connectivity index (χ4n) is 2.77. The lowest BCUT2D eigenvalue weighted by Gasteiger charge is -2.08. The monoisotopic (exact) mass is 366 g/mol. The van der Waals surface area contributed by atoms with Crippen molar-refractivity contribution in [2.75, 3.05) is 14.2 Å². The molecule has 0 radical (unpaired) electrons. The first-order chi connectivity index (χ1) is 13.0. The second-order valence-electron chi connectivity index (χ2n) is 5.87. The van der Waals surface area contributed by atoms with Crippen LogP contribution in [0.25, 0.3) is 10.8 Å². The van der Waals surface area contributed by atoms with Crippen molar-refractivity contribution in [3.05, 3.63) is 75.8 Å². The van der Waals surface area contributed by atoms with Crippen molar-refractivity contribution >= 4 is 22.4 Å². The third kappa shape index (κ3) is 3.98. The molecule has 7 heteroatoms. The minimum atomic E-state index is -0.576. The van der Waals surface area contributed by atoms with E-state index in [9.17, 15) is 14.9 Å². The molecule has 1 N–H and O–H groups in total. The average molecular weight is 366 g/mol. The number of benzene rings is 3. The van der Waals surface area contributed by atoms with Crippen LogP contribution in [-0.2, 0) is 6.54 Å². The van der Waals surface area contributed by atoms with Crippen LogP contribution in [0.5, 0.6) is 11.5 Å². The highest BCUT2D eigenvalue weighted by atomic mass is 16.6. The fraction of sp³-hybridized carbons (Fsp3) is 0.150. The second kappa shape index (κ2) is 7.74. The van der Waals surface area contributed by atoms with E-state index in [1.807, 2.05) is 36.4 Å². The van der Waals surface area contributed by atoms with Gasteiger partial charge in [0, 0.05) is 18.2 Å². The number of nitro groups is 1. The third-order valence-corrected chi connectivity index (χ3v) is 4.20. The maximum absolute atomic E-state index is 12.3. The molecule has 3 rings (SSSR count). The number of hydrogen-bond acceptors (Lipinski definition) is 5. The van der Waals surface area contributed by atoms with Crippen molar-refractivity contribution in [2.45, 2.75) is 6.54 Å². The summed E-state index contributed by atoms with van der Waals surface area (Å²) in [6.45, 7) is 0.306. The summed E-state index contributed by atoms with van der Waals surface area (Å²) >= 11 is 0. The summed E-state index contributed by atoms with van der Waals surface area (Å²) in [6.07, 6.45) is 0. The molecule has 138 valence electrons. The summed E-state index contributed by atoms with van der Waals surface area (Å²) in [5.41, 5.74) is 0.877. The van der Waals surface area contributed by atoms with Crippen LogP contribution in [-0.4, -0.2) is 25.1 Å². The summed E-state index contributed by atoms with van der Waals surface area (Å²) in [6, 6.07) is 15.7. The van der Waals surface area contributed by atoms with E-state index in [2.05, 4.69) is 5.32 Å². The molecule has 0 aliphatic heterocycles. The van der Waals surface area contributed by atoms with Crippen LogP contribution >= 0.6 is 0 Å². The molecule has 27 heavy (non-hydrogen) atoms. The Kier molecular flexibility index (Phi) is 5.21. The number of carbonyl (C=O) groups is 1. The first kappa shape index (κ1) is 18.2. The van der Waals surface area contributed by atoms with Crippen molar-refractivity contribution in [2.24, 2.45) is 0 Å². The van der Waals surface area contributed by atoms with E-state index in [4.69, 9.17) is 9.47 Å². The summed E-state index contributed by atoms with van der Waals surface area (Å²) in [7, 11) is 2.96. The molecule has 1 amide bonds. The van der Waals surface area contributed by atoms with Crippen LogP contribution in [0.3, 0.4) is 0 Å². The second-order valence-corrected chi connectivity index (χ2v) is 5.87. The molecule has 0 unspecified atom stereocenters. The Balaban J connectivity index is 1.74. The molecule has 3 aromatic rings. The van der Waals surface area contributed by atoms with E-state index in [0.29, 0.717) is 6.54 Å². The topological polar surface area (TPSA) is 90.7 Å². The molecular weight excluding hydrogens is 348 g/mol. The van der Waals surface area contributed by atoms with E-state index >= 15 is 0 Å². The standard InChI is InChI=1S/C20H18N2O5/c1-26-17-7-5-14-9-13(3-4-15(14)10-17)12-21-20(23)16-6-8-19(27-2)18(11-16)22(24)25/h3-11H,12H2,1-2H3,(H,21,23). The molecule has 0 saturated carbocycles. The highest BCUT2D eigenvalue weighted by Crippen LogP contribution is 2.27. The van der Waals surface area contributed by atoms with Crippen LogP contribution in [0.1, 0.15) is 15.9 Å². The van der Waals surface area contributed by atoms with Crippen LogP contribution in [0.2, 0.25) is 0 Å². The predicted octanol–water partition coefficient (Wildman–Crippen LogP) is 3.70. The molecule has 3 aromatic carbocycles. The van der Waals surface area contributed by atoms with E-state index in [0.717, 1.165) is 22.1 Å². The molecule has 7 nitrogen and oxygen atoms in total. The van der Waals surface area contributed by atoms with Crippen LogP contribution < -0.4 is 14.8 Å². The number of methoxy groups -OCH3 is 2. The van der Waals surface area contributed by atoms with Crippen molar-refractivity contribution in [1.82, 2.24) is 5.32 Å². The number of nitro benzene ring substituents is 1. The van der Waals surface area contributed by atoms with Gasteiger partial charge in [0.2, 0.25) is 0 Å². The smallest absolute Gasteiger partial charge is 0.311 e. The number of ether oxygens (including phenoxy) is 2. The van der Waals surface area contributed by atoms with Gasteiger partial charge >= 0.3 is 5.69 Å². The van der Waals surface area contributed by atoms with Crippen molar-refractivity contribution in [3.8, 4) is 11.5 Å². The first-order valence-electron chi connectivity index (χ1n) is 8.19. The number of nitrogens with zero attached hydrogens (tertiary/aromatic N) is 1. The SMILES string of the molecule is COc1ccc2cc(CNC(=O)c3ccc(OC)c([N+](=O)[O-])c3)ccc2c1. The lowest BCUT2D eigenvalue weighted by Crippen LogP contribution is -2.22. The maximum Gasteiger partial charge on any atom is 0.311 e. The van der Waals surface area contributed by atoms with Crippen LogP contribution in [0.15, 0.2) is 54.6 Å². The molecule has 0 aliphatic carbocycles. The molecule has 0 fully saturated rings. The largest absolute Gasteiger partial charge is 0.497 e. The summed E-state index contributed by atoms with van der Waals surface area (Å²) < 4.78 is 10.2. The van der Waals surface area contributed by atoms with E-state index < -0.39 is 10.8 Å². The number of fused-ring (bicyclic) bond motifs is 1. The Bertz CT molecular complexity index is 1020. The highest BCUT2D eigenvalue weighted by molar-refractivity contribution is 5.95. The number of nitrogens with one attached hydrogen (secondary N) is 1. The Morgan fingerprint density at radius 2 is 1.74 bits per heavy atom. The Hall–Kier alpha value is -3.61. The number of carbonyl (C=O) groups excluding carboxylic acids is 1. The molecule has 0 bridgehead atoms. The average Bonchev–Trinajstić information content (AvgIpc) is 2.70. The molecule has 0 spiro atoms. The first-order valence-corrected chi connectivity index (χ1v) is 8.19. The molecule has 0 aliphatic rings. The quantitative estimate of drug-likeness (QED) is 0.531. The Morgan fingerprint density at radius 3 is 2.44 bits per heavy atom.